The van der Waals surface area contributed by atoms with E-state index in [1.165, 1.54) is 24.3 Å². The molecular weight excluding hydrogens is 440 g/mol. The van der Waals surface area contributed by atoms with Crippen LogP contribution in [-0.4, -0.2) is 40.0 Å². The minimum absolute atomic E-state index is 0.153. The Morgan fingerprint density at radius 1 is 0.967 bits per heavy atom. The maximum absolute atomic E-state index is 13.2. The molecule has 0 fully saturated rings. The fourth-order valence-electron chi connectivity index (χ4n) is 2.87. The Bertz CT molecular complexity index is 1010. The van der Waals surface area contributed by atoms with Gasteiger partial charge in [-0.3, -0.25) is 4.31 Å². The number of benzene rings is 2. The molecule has 0 atom stereocenters. The van der Waals surface area contributed by atoms with Crippen molar-refractivity contribution in [1.82, 2.24) is 0 Å². The van der Waals surface area contributed by atoms with Crippen molar-refractivity contribution in [3.8, 4) is 5.75 Å². The van der Waals surface area contributed by atoms with E-state index in [9.17, 15) is 39.9 Å². The van der Waals surface area contributed by atoms with E-state index in [-0.39, 0.29) is 16.1 Å². The number of alkyl halides is 6. The van der Waals surface area contributed by atoms with Crippen LogP contribution in [-0.2, 0) is 15.6 Å². The van der Waals surface area contributed by atoms with Gasteiger partial charge in [0.05, 0.1) is 17.7 Å². The highest BCUT2D eigenvalue weighted by molar-refractivity contribution is 7.92. The average Bonchev–Trinajstić information content (AvgIpc) is 2.64. The van der Waals surface area contributed by atoms with Crippen molar-refractivity contribution >= 4 is 15.7 Å². The fraction of sp³-hybridized carbons (Fsp3) is 0.333. The first kappa shape index (κ1) is 23.8. The molecule has 0 spiro atoms. The predicted octanol–water partition coefficient (Wildman–Crippen LogP) is 4.14. The third kappa shape index (κ3) is 3.81. The number of nitrogens with zero attached hydrogens (tertiary/aromatic N) is 1. The SMILES string of the molecule is COc1cc(C(O)(C(F)(F)F)C(F)(F)F)cc(C)c1N(C)S(=O)(=O)c1ccccc1. The molecule has 0 heterocycles. The van der Waals surface area contributed by atoms with Crippen LogP contribution in [0, 0.1) is 6.92 Å². The molecule has 0 saturated carbocycles. The molecule has 0 bridgehead atoms. The van der Waals surface area contributed by atoms with Crippen LogP contribution in [0.15, 0.2) is 47.4 Å². The van der Waals surface area contributed by atoms with Crippen LogP contribution in [0.3, 0.4) is 0 Å². The molecule has 2 aromatic rings. The van der Waals surface area contributed by atoms with E-state index in [2.05, 4.69) is 0 Å². The zero-order chi connectivity index (χ0) is 23.1. The van der Waals surface area contributed by atoms with Crippen molar-refractivity contribution in [3.63, 3.8) is 0 Å². The molecule has 0 aromatic heterocycles. The number of methoxy groups -OCH3 is 1. The highest BCUT2D eigenvalue weighted by Crippen LogP contribution is 2.52. The van der Waals surface area contributed by atoms with Gasteiger partial charge in [0, 0.05) is 12.6 Å². The number of ether oxygens (including phenoxy) is 1. The Morgan fingerprint density at radius 2 is 1.47 bits per heavy atom. The lowest BCUT2D eigenvalue weighted by Crippen LogP contribution is -2.54. The van der Waals surface area contributed by atoms with Crippen LogP contribution < -0.4 is 9.04 Å². The van der Waals surface area contributed by atoms with Gasteiger partial charge in [-0.05, 0) is 30.7 Å². The molecular formula is C18H17F6NO4S. The minimum Gasteiger partial charge on any atom is -0.495 e. The number of aryl methyl sites for hydroxylation is 1. The monoisotopic (exact) mass is 457 g/mol. The van der Waals surface area contributed by atoms with E-state index in [0.29, 0.717) is 16.4 Å². The molecule has 2 rings (SSSR count). The molecule has 30 heavy (non-hydrogen) atoms. The van der Waals surface area contributed by atoms with Gasteiger partial charge in [0.15, 0.2) is 0 Å². The standard InChI is InChI=1S/C18H17F6NO4S/c1-11-9-12(16(26,17(19,20)21)18(22,23)24)10-14(29-3)15(11)25(2)30(27,28)13-7-5-4-6-8-13/h4-10,26H,1-3H3. The van der Waals surface area contributed by atoms with Gasteiger partial charge >= 0.3 is 12.4 Å². The molecule has 0 saturated heterocycles. The molecule has 1 N–H and O–H groups in total. The second-order valence-electron chi connectivity index (χ2n) is 6.34. The maximum atomic E-state index is 13.2. The van der Waals surface area contributed by atoms with E-state index in [1.807, 2.05) is 0 Å². The third-order valence-electron chi connectivity index (χ3n) is 4.44. The summed E-state index contributed by atoms with van der Waals surface area (Å²) in [6.07, 6.45) is -12.2. The van der Waals surface area contributed by atoms with Crippen LogP contribution in [0.25, 0.3) is 0 Å². The number of halogens is 6. The van der Waals surface area contributed by atoms with Gasteiger partial charge in [0.2, 0.25) is 0 Å². The molecule has 0 aliphatic heterocycles. The Balaban J connectivity index is 2.73. The van der Waals surface area contributed by atoms with Crippen molar-refractivity contribution in [2.75, 3.05) is 18.5 Å². The number of aliphatic hydroxyl groups is 1. The highest BCUT2D eigenvalue weighted by atomic mass is 32.2. The van der Waals surface area contributed by atoms with E-state index in [0.717, 1.165) is 21.1 Å². The molecule has 0 aliphatic carbocycles. The smallest absolute Gasteiger partial charge is 0.430 e. The summed E-state index contributed by atoms with van der Waals surface area (Å²) in [5.74, 6) is -0.598. The lowest BCUT2D eigenvalue weighted by Gasteiger charge is -2.34. The molecule has 166 valence electrons. The summed E-state index contributed by atoms with van der Waals surface area (Å²) in [7, 11) is -2.18. The number of hydrogen-bond donors (Lipinski definition) is 1. The van der Waals surface area contributed by atoms with E-state index in [4.69, 9.17) is 4.74 Å². The number of hydrogen-bond acceptors (Lipinski definition) is 4. The van der Waals surface area contributed by atoms with Crippen molar-refractivity contribution in [3.05, 3.63) is 53.6 Å². The summed E-state index contributed by atoms with van der Waals surface area (Å²) in [6.45, 7) is 1.10. The minimum atomic E-state index is -6.09. The van der Waals surface area contributed by atoms with Gasteiger partial charge in [0.25, 0.3) is 15.6 Å². The predicted molar refractivity (Wildman–Crippen MR) is 95.8 cm³/mol. The lowest BCUT2D eigenvalue weighted by atomic mass is 9.90. The summed E-state index contributed by atoms with van der Waals surface area (Å²) in [5, 5.41) is 9.63. The third-order valence-corrected chi connectivity index (χ3v) is 6.21. The molecule has 12 heteroatoms. The van der Waals surface area contributed by atoms with Gasteiger partial charge in [-0.1, -0.05) is 24.3 Å². The molecule has 0 aliphatic rings. The van der Waals surface area contributed by atoms with Crippen molar-refractivity contribution in [1.29, 1.82) is 0 Å². The topological polar surface area (TPSA) is 66.8 Å². The lowest BCUT2D eigenvalue weighted by molar-refractivity contribution is -0.376. The molecule has 2 aromatic carbocycles. The molecule has 0 unspecified atom stereocenters. The zero-order valence-electron chi connectivity index (χ0n) is 15.8. The molecule has 0 radical (unpaired) electrons. The van der Waals surface area contributed by atoms with Gasteiger partial charge in [0.1, 0.15) is 5.75 Å². The first-order valence-electron chi connectivity index (χ1n) is 8.18. The van der Waals surface area contributed by atoms with E-state index in [1.54, 1.807) is 6.07 Å². The van der Waals surface area contributed by atoms with Crippen LogP contribution in [0.2, 0.25) is 0 Å². The second kappa shape index (κ2) is 7.65. The average molecular weight is 457 g/mol. The van der Waals surface area contributed by atoms with Crippen molar-refractivity contribution in [2.45, 2.75) is 29.8 Å². The Labute approximate surface area is 168 Å². The van der Waals surface area contributed by atoms with Crippen LogP contribution in [0.4, 0.5) is 32.0 Å². The largest absolute Gasteiger partial charge is 0.495 e. The van der Waals surface area contributed by atoms with Gasteiger partial charge in [-0.2, -0.15) is 26.3 Å². The summed E-state index contributed by atoms with van der Waals surface area (Å²) in [6, 6.07) is 7.74. The highest BCUT2D eigenvalue weighted by Gasteiger charge is 2.71. The second-order valence-corrected chi connectivity index (χ2v) is 8.30. The summed E-state index contributed by atoms with van der Waals surface area (Å²) in [5.41, 5.74) is -7.30. The van der Waals surface area contributed by atoms with E-state index >= 15 is 0 Å². The van der Waals surface area contributed by atoms with Gasteiger partial charge in [-0.25, -0.2) is 8.42 Å². The van der Waals surface area contributed by atoms with Crippen LogP contribution >= 0.6 is 0 Å². The Hall–Kier alpha value is -2.47. The summed E-state index contributed by atoms with van der Waals surface area (Å²) < 4.78 is 110. The molecule has 5 nitrogen and oxygen atoms in total. The Kier molecular flexibility index (Phi) is 6.07. The van der Waals surface area contributed by atoms with Gasteiger partial charge in [-0.15, -0.1) is 0 Å². The maximum Gasteiger partial charge on any atom is 0.430 e. The first-order chi connectivity index (χ1) is 13.6. The Morgan fingerprint density at radius 3 is 1.90 bits per heavy atom. The van der Waals surface area contributed by atoms with Crippen molar-refractivity contribution < 1.29 is 44.6 Å². The van der Waals surface area contributed by atoms with Crippen LogP contribution in [0.1, 0.15) is 11.1 Å². The van der Waals surface area contributed by atoms with Gasteiger partial charge < -0.3 is 9.84 Å². The van der Waals surface area contributed by atoms with E-state index < -0.39 is 39.3 Å². The quantitative estimate of drug-likeness (QED) is 0.686. The number of anilines is 1. The van der Waals surface area contributed by atoms with Crippen molar-refractivity contribution in [2.24, 2.45) is 0 Å². The number of rotatable bonds is 5. The summed E-state index contributed by atoms with van der Waals surface area (Å²) in [4.78, 5) is -0.153. The fourth-order valence-corrected chi connectivity index (χ4v) is 4.17. The molecule has 0 amide bonds. The normalized spacial score (nSPS) is 13.3. The summed E-state index contributed by atoms with van der Waals surface area (Å²) >= 11 is 0. The number of sulfonamides is 1. The first-order valence-corrected chi connectivity index (χ1v) is 9.62. The van der Waals surface area contributed by atoms with Crippen LogP contribution in [0.5, 0.6) is 5.75 Å². The zero-order valence-corrected chi connectivity index (χ0v) is 16.7.